The standard InChI is InChI=1S/C16H16ClF4N3O2/c1-8(15(20)21)22-6-5-9-13(16(25)26)23-24(14(9)17)7-10-11(18)3-2-4-12(10)19/h2-4,8,15,22H,5-7H2,1H3,(H,25,26). The Morgan fingerprint density at radius 1 is 1.31 bits per heavy atom. The minimum absolute atomic E-state index is 0.0112. The normalized spacial score (nSPS) is 12.6. The maximum Gasteiger partial charge on any atom is 0.356 e. The number of benzene rings is 1. The van der Waals surface area contributed by atoms with E-state index in [9.17, 15) is 27.5 Å². The minimum atomic E-state index is -2.57. The SMILES string of the molecule is CC(NCCc1c(C(=O)O)nn(Cc2c(F)cccc2F)c1Cl)C(F)F. The zero-order valence-corrected chi connectivity index (χ0v) is 14.4. The first kappa shape index (κ1) is 20.2. The van der Waals surface area contributed by atoms with Gasteiger partial charge in [0.1, 0.15) is 16.8 Å². The Hall–Kier alpha value is -2.13. The van der Waals surface area contributed by atoms with Gasteiger partial charge in [0.25, 0.3) is 6.43 Å². The summed E-state index contributed by atoms with van der Waals surface area (Å²) in [5.41, 5.74) is -0.604. The third kappa shape index (κ3) is 4.53. The number of aromatic nitrogens is 2. The summed E-state index contributed by atoms with van der Waals surface area (Å²) in [4.78, 5) is 11.4. The Balaban J connectivity index is 2.25. The van der Waals surface area contributed by atoms with Crippen LogP contribution in [-0.4, -0.2) is 39.9 Å². The Kier molecular flexibility index (Phi) is 6.60. The van der Waals surface area contributed by atoms with E-state index in [1.165, 1.54) is 13.0 Å². The van der Waals surface area contributed by atoms with Gasteiger partial charge >= 0.3 is 5.97 Å². The van der Waals surface area contributed by atoms with Gasteiger partial charge in [0, 0.05) is 11.1 Å². The monoisotopic (exact) mass is 393 g/mol. The molecule has 1 unspecified atom stereocenters. The molecule has 142 valence electrons. The molecule has 0 aliphatic rings. The lowest BCUT2D eigenvalue weighted by molar-refractivity contribution is 0.0688. The molecule has 1 heterocycles. The molecule has 0 aliphatic heterocycles. The van der Waals surface area contributed by atoms with E-state index in [2.05, 4.69) is 10.4 Å². The summed E-state index contributed by atoms with van der Waals surface area (Å²) in [6, 6.07) is 2.24. The highest BCUT2D eigenvalue weighted by Crippen LogP contribution is 2.23. The molecule has 0 saturated carbocycles. The molecule has 0 radical (unpaired) electrons. The number of rotatable bonds is 8. The van der Waals surface area contributed by atoms with E-state index in [-0.39, 0.29) is 29.2 Å². The van der Waals surface area contributed by atoms with E-state index in [0.29, 0.717) is 0 Å². The maximum absolute atomic E-state index is 13.8. The van der Waals surface area contributed by atoms with Crippen LogP contribution in [0.3, 0.4) is 0 Å². The number of carbonyl (C=O) groups is 1. The van der Waals surface area contributed by atoms with Crippen LogP contribution in [0.5, 0.6) is 0 Å². The van der Waals surface area contributed by atoms with Crippen LogP contribution in [0.25, 0.3) is 0 Å². The minimum Gasteiger partial charge on any atom is -0.476 e. The highest BCUT2D eigenvalue weighted by atomic mass is 35.5. The van der Waals surface area contributed by atoms with Crippen molar-refractivity contribution in [3.05, 3.63) is 51.8 Å². The topological polar surface area (TPSA) is 67.2 Å². The Bertz CT molecular complexity index is 778. The maximum atomic E-state index is 13.8. The smallest absolute Gasteiger partial charge is 0.356 e. The van der Waals surface area contributed by atoms with Crippen molar-refractivity contribution in [2.75, 3.05) is 6.54 Å². The lowest BCUT2D eigenvalue weighted by Crippen LogP contribution is -2.34. The third-order valence-corrected chi connectivity index (χ3v) is 4.20. The molecular formula is C16H16ClF4N3O2. The van der Waals surface area contributed by atoms with E-state index in [0.717, 1.165) is 16.8 Å². The first-order chi connectivity index (χ1) is 12.2. The average molecular weight is 394 g/mol. The molecule has 2 aromatic rings. The molecule has 2 rings (SSSR count). The van der Waals surface area contributed by atoms with Gasteiger partial charge in [0.15, 0.2) is 5.69 Å². The summed E-state index contributed by atoms with van der Waals surface area (Å²) in [5, 5.41) is 15.5. The fraction of sp³-hybridized carbons (Fsp3) is 0.375. The molecule has 2 N–H and O–H groups in total. The lowest BCUT2D eigenvalue weighted by atomic mass is 10.1. The lowest BCUT2D eigenvalue weighted by Gasteiger charge is -2.12. The van der Waals surface area contributed by atoms with Crippen LogP contribution in [0, 0.1) is 11.6 Å². The van der Waals surface area contributed by atoms with Gasteiger partial charge in [-0.2, -0.15) is 5.10 Å². The Labute approximate surface area is 151 Å². The molecule has 0 amide bonds. The molecule has 1 aromatic heterocycles. The summed E-state index contributed by atoms with van der Waals surface area (Å²) in [6.07, 6.45) is -2.56. The van der Waals surface area contributed by atoms with E-state index in [4.69, 9.17) is 11.6 Å². The molecular weight excluding hydrogens is 378 g/mol. The van der Waals surface area contributed by atoms with E-state index < -0.39 is 42.3 Å². The molecule has 1 atom stereocenters. The largest absolute Gasteiger partial charge is 0.476 e. The number of hydrogen-bond acceptors (Lipinski definition) is 3. The van der Waals surface area contributed by atoms with Gasteiger partial charge in [-0.3, -0.25) is 0 Å². The van der Waals surface area contributed by atoms with Crippen LogP contribution < -0.4 is 5.32 Å². The first-order valence-corrected chi connectivity index (χ1v) is 8.03. The van der Waals surface area contributed by atoms with Gasteiger partial charge in [-0.25, -0.2) is 27.0 Å². The number of nitrogens with zero attached hydrogens (tertiary/aromatic N) is 2. The van der Waals surface area contributed by atoms with Crippen LogP contribution in [0.1, 0.15) is 28.5 Å². The van der Waals surface area contributed by atoms with E-state index >= 15 is 0 Å². The summed E-state index contributed by atoms with van der Waals surface area (Å²) in [7, 11) is 0. The summed E-state index contributed by atoms with van der Waals surface area (Å²) in [5.74, 6) is -3.01. The van der Waals surface area contributed by atoms with Gasteiger partial charge in [0.2, 0.25) is 0 Å². The van der Waals surface area contributed by atoms with Crippen LogP contribution in [0.2, 0.25) is 5.15 Å². The molecule has 0 fully saturated rings. The molecule has 10 heteroatoms. The van der Waals surface area contributed by atoms with Gasteiger partial charge < -0.3 is 10.4 Å². The molecule has 1 aromatic carbocycles. The van der Waals surface area contributed by atoms with Crippen molar-refractivity contribution in [3.63, 3.8) is 0 Å². The van der Waals surface area contributed by atoms with Crippen LogP contribution in [0.4, 0.5) is 17.6 Å². The fourth-order valence-corrected chi connectivity index (χ4v) is 2.61. The van der Waals surface area contributed by atoms with Gasteiger partial charge in [0.05, 0.1) is 12.6 Å². The van der Waals surface area contributed by atoms with Crippen molar-refractivity contribution in [2.45, 2.75) is 32.4 Å². The number of nitrogens with one attached hydrogen (secondary N) is 1. The molecule has 0 saturated heterocycles. The second-order valence-electron chi connectivity index (χ2n) is 5.61. The molecule has 0 bridgehead atoms. The zero-order chi connectivity index (χ0) is 19.4. The van der Waals surface area contributed by atoms with Gasteiger partial charge in [-0.05, 0) is 32.0 Å². The van der Waals surface area contributed by atoms with Crippen molar-refractivity contribution in [1.82, 2.24) is 15.1 Å². The Morgan fingerprint density at radius 3 is 2.46 bits per heavy atom. The molecule has 26 heavy (non-hydrogen) atoms. The van der Waals surface area contributed by atoms with Crippen molar-refractivity contribution in [3.8, 4) is 0 Å². The number of hydrogen-bond donors (Lipinski definition) is 2. The summed E-state index contributed by atoms with van der Waals surface area (Å²) >= 11 is 6.12. The zero-order valence-electron chi connectivity index (χ0n) is 13.6. The number of carboxylic acids is 1. The number of carboxylic acid groups (broad SMARTS) is 1. The molecule has 0 spiro atoms. The number of alkyl halides is 2. The quantitative estimate of drug-likeness (QED) is 0.675. The number of halogens is 5. The van der Waals surface area contributed by atoms with Crippen molar-refractivity contribution in [1.29, 1.82) is 0 Å². The second-order valence-corrected chi connectivity index (χ2v) is 5.97. The van der Waals surface area contributed by atoms with Crippen LogP contribution in [0.15, 0.2) is 18.2 Å². The average Bonchev–Trinajstić information content (AvgIpc) is 2.87. The van der Waals surface area contributed by atoms with Crippen molar-refractivity contribution in [2.24, 2.45) is 0 Å². The van der Waals surface area contributed by atoms with E-state index in [1.807, 2.05) is 0 Å². The molecule has 0 aliphatic carbocycles. The van der Waals surface area contributed by atoms with Crippen molar-refractivity contribution >= 4 is 17.6 Å². The molecule has 5 nitrogen and oxygen atoms in total. The summed E-state index contributed by atoms with van der Waals surface area (Å²) in [6.45, 7) is 0.915. The van der Waals surface area contributed by atoms with Crippen molar-refractivity contribution < 1.29 is 27.5 Å². The van der Waals surface area contributed by atoms with Crippen LogP contribution >= 0.6 is 11.6 Å². The Morgan fingerprint density at radius 2 is 1.92 bits per heavy atom. The summed E-state index contributed by atoms with van der Waals surface area (Å²) < 4.78 is 53.5. The third-order valence-electron chi connectivity index (χ3n) is 3.77. The van der Waals surface area contributed by atoms with Gasteiger partial charge in [-0.15, -0.1) is 0 Å². The second kappa shape index (κ2) is 8.50. The predicted molar refractivity (Wildman–Crippen MR) is 86.8 cm³/mol. The predicted octanol–water partition coefficient (Wildman–Crippen LogP) is 3.35. The van der Waals surface area contributed by atoms with Gasteiger partial charge in [-0.1, -0.05) is 17.7 Å². The highest BCUT2D eigenvalue weighted by Gasteiger charge is 2.23. The first-order valence-electron chi connectivity index (χ1n) is 7.65. The van der Waals surface area contributed by atoms with E-state index in [1.54, 1.807) is 0 Å². The fourth-order valence-electron chi connectivity index (χ4n) is 2.32. The highest BCUT2D eigenvalue weighted by molar-refractivity contribution is 6.30. The number of aromatic carboxylic acids is 1. The van der Waals surface area contributed by atoms with Crippen LogP contribution in [-0.2, 0) is 13.0 Å².